The number of carboxylic acids is 1. The molecule has 3 aromatic rings. The van der Waals surface area contributed by atoms with Gasteiger partial charge in [0.15, 0.2) is 0 Å². The molecule has 2 aromatic carbocycles. The summed E-state index contributed by atoms with van der Waals surface area (Å²) in [5.74, 6) is -0.688. The van der Waals surface area contributed by atoms with Gasteiger partial charge in [0.2, 0.25) is 0 Å². The third-order valence-corrected chi connectivity index (χ3v) is 7.46. The number of nitrogens with zero attached hydrogens (tertiary/aromatic N) is 3. The Bertz CT molecular complexity index is 1250. The van der Waals surface area contributed by atoms with Gasteiger partial charge >= 0.3 is 5.97 Å². The van der Waals surface area contributed by atoms with Crippen LogP contribution in [0.25, 0.3) is 10.9 Å². The number of carbonyl (C=O) groups is 2. The van der Waals surface area contributed by atoms with Crippen molar-refractivity contribution >= 4 is 45.9 Å². The average molecular weight is 493 g/mol. The van der Waals surface area contributed by atoms with Crippen molar-refractivity contribution < 1.29 is 14.7 Å². The lowest BCUT2D eigenvalue weighted by Gasteiger charge is -2.41. The molecule has 7 nitrogen and oxygen atoms in total. The van der Waals surface area contributed by atoms with Crippen LogP contribution in [-0.2, 0) is 0 Å². The number of carboxylic acid groups (broad SMARTS) is 1. The highest BCUT2D eigenvalue weighted by molar-refractivity contribution is 6.34. The second-order valence-corrected chi connectivity index (χ2v) is 9.72. The van der Waals surface area contributed by atoms with Gasteiger partial charge in [-0.2, -0.15) is 0 Å². The molecule has 5 rings (SSSR count). The molecular formula is C27H29ClN4O3. The van der Waals surface area contributed by atoms with Crippen LogP contribution in [0.4, 0.5) is 11.5 Å². The highest BCUT2D eigenvalue weighted by Crippen LogP contribution is 2.29. The Kier molecular flexibility index (Phi) is 6.88. The van der Waals surface area contributed by atoms with Crippen molar-refractivity contribution in [2.24, 2.45) is 0 Å². The number of halogens is 1. The van der Waals surface area contributed by atoms with Crippen molar-refractivity contribution in [1.29, 1.82) is 0 Å². The van der Waals surface area contributed by atoms with Gasteiger partial charge in [0.25, 0.3) is 5.91 Å². The highest BCUT2D eigenvalue weighted by Gasteiger charge is 2.26. The number of fused-ring (bicyclic) bond motifs is 1. The molecule has 2 aliphatic rings. The van der Waals surface area contributed by atoms with Crippen LogP contribution in [0, 0.1) is 0 Å². The van der Waals surface area contributed by atoms with E-state index in [2.05, 4.69) is 15.1 Å². The van der Waals surface area contributed by atoms with Gasteiger partial charge in [0, 0.05) is 43.3 Å². The van der Waals surface area contributed by atoms with Crippen LogP contribution in [0.2, 0.25) is 5.02 Å². The Hall–Kier alpha value is -3.16. The number of amides is 1. The van der Waals surface area contributed by atoms with E-state index in [1.165, 1.54) is 32.1 Å². The molecule has 8 heteroatoms. The first-order valence-electron chi connectivity index (χ1n) is 12.2. The topological polar surface area (TPSA) is 85.8 Å². The summed E-state index contributed by atoms with van der Waals surface area (Å²) in [4.78, 5) is 34.3. The third-order valence-electron chi connectivity index (χ3n) is 7.13. The van der Waals surface area contributed by atoms with Gasteiger partial charge in [-0.25, -0.2) is 9.78 Å². The van der Waals surface area contributed by atoms with E-state index in [0.717, 1.165) is 26.2 Å². The van der Waals surface area contributed by atoms with Gasteiger partial charge in [-0.1, -0.05) is 43.0 Å². The maximum absolute atomic E-state index is 12.7. The summed E-state index contributed by atoms with van der Waals surface area (Å²) in [6, 6.07) is 14.3. The van der Waals surface area contributed by atoms with Crippen molar-refractivity contribution in [2.45, 2.75) is 38.1 Å². The summed E-state index contributed by atoms with van der Waals surface area (Å²) in [5, 5.41) is 13.6. The zero-order valence-corrected chi connectivity index (χ0v) is 20.3. The summed E-state index contributed by atoms with van der Waals surface area (Å²) in [5.41, 5.74) is 1.60. The van der Waals surface area contributed by atoms with E-state index in [1.807, 2.05) is 0 Å². The number of aromatic carboxylic acids is 1. The minimum Gasteiger partial charge on any atom is -0.478 e. The first-order chi connectivity index (χ1) is 17.0. The molecule has 2 fully saturated rings. The first kappa shape index (κ1) is 23.6. The van der Waals surface area contributed by atoms with Crippen molar-refractivity contribution in [2.75, 3.05) is 36.4 Å². The molecule has 1 amide bonds. The van der Waals surface area contributed by atoms with Crippen molar-refractivity contribution in [3.63, 3.8) is 0 Å². The van der Waals surface area contributed by atoms with Crippen LogP contribution in [-0.4, -0.2) is 59.1 Å². The van der Waals surface area contributed by atoms with Gasteiger partial charge in [-0.3, -0.25) is 9.69 Å². The number of anilines is 2. The third kappa shape index (κ3) is 5.11. The van der Waals surface area contributed by atoms with E-state index in [-0.39, 0.29) is 11.5 Å². The smallest absolute Gasteiger partial charge is 0.336 e. The molecule has 2 N–H and O–H groups in total. The minimum absolute atomic E-state index is 0.175. The number of hydrogen-bond acceptors (Lipinski definition) is 5. The standard InChI is InChI=1S/C27H29ClN4O3/c28-23-9-5-4-8-20(23)26(33)29-18-10-11-24-21(16-18)22(27(34)35)17-25(30-24)32-14-12-31(13-15-32)19-6-2-1-3-7-19/h4-5,8-11,16-17,19H,1-3,6-7,12-15H2,(H,29,33)(H,34,35). The molecule has 182 valence electrons. The van der Waals surface area contributed by atoms with E-state index in [9.17, 15) is 14.7 Å². The number of nitrogens with one attached hydrogen (secondary N) is 1. The largest absolute Gasteiger partial charge is 0.478 e. The minimum atomic E-state index is -1.02. The number of piperazine rings is 1. The zero-order valence-electron chi connectivity index (χ0n) is 19.5. The quantitative estimate of drug-likeness (QED) is 0.503. The van der Waals surface area contributed by atoms with E-state index < -0.39 is 5.97 Å². The van der Waals surface area contributed by atoms with Gasteiger partial charge in [-0.05, 0) is 49.2 Å². The molecule has 1 saturated heterocycles. The normalized spacial score (nSPS) is 17.5. The summed E-state index contributed by atoms with van der Waals surface area (Å²) in [6.07, 6.45) is 6.56. The van der Waals surface area contributed by atoms with Crippen molar-refractivity contribution in [3.8, 4) is 0 Å². The van der Waals surface area contributed by atoms with Gasteiger partial charge in [0.1, 0.15) is 5.82 Å². The number of aromatic nitrogens is 1. The predicted molar refractivity (Wildman–Crippen MR) is 139 cm³/mol. The summed E-state index contributed by atoms with van der Waals surface area (Å²) >= 11 is 6.14. The highest BCUT2D eigenvalue weighted by atomic mass is 35.5. The van der Waals surface area contributed by atoms with E-state index in [1.54, 1.807) is 48.5 Å². The van der Waals surface area contributed by atoms with Gasteiger partial charge < -0.3 is 15.3 Å². The van der Waals surface area contributed by atoms with Crippen LogP contribution < -0.4 is 10.2 Å². The van der Waals surface area contributed by atoms with Gasteiger partial charge in [0.05, 0.1) is 21.7 Å². The van der Waals surface area contributed by atoms with Crippen LogP contribution >= 0.6 is 11.6 Å². The number of carbonyl (C=O) groups excluding carboxylic acids is 1. The van der Waals surface area contributed by atoms with Crippen LogP contribution in [0.3, 0.4) is 0 Å². The van der Waals surface area contributed by atoms with Crippen LogP contribution in [0.15, 0.2) is 48.5 Å². The first-order valence-corrected chi connectivity index (χ1v) is 12.6. The molecular weight excluding hydrogens is 464 g/mol. The maximum atomic E-state index is 12.7. The van der Waals surface area contributed by atoms with Gasteiger partial charge in [-0.15, -0.1) is 0 Å². The summed E-state index contributed by atoms with van der Waals surface area (Å²) < 4.78 is 0. The molecule has 1 aliphatic carbocycles. The average Bonchev–Trinajstić information content (AvgIpc) is 2.89. The fraction of sp³-hybridized carbons (Fsp3) is 0.370. The van der Waals surface area contributed by atoms with E-state index in [4.69, 9.17) is 16.6 Å². The lowest BCUT2D eigenvalue weighted by Crippen LogP contribution is -2.51. The Morgan fingerprint density at radius 3 is 2.40 bits per heavy atom. The molecule has 0 radical (unpaired) electrons. The van der Waals surface area contributed by atoms with E-state index in [0.29, 0.717) is 39.0 Å². The summed E-state index contributed by atoms with van der Waals surface area (Å²) in [6.45, 7) is 3.61. The molecule has 0 atom stereocenters. The lowest BCUT2D eigenvalue weighted by atomic mass is 9.94. The number of rotatable bonds is 5. The fourth-order valence-corrected chi connectivity index (χ4v) is 5.46. The Labute approximate surface area is 209 Å². The molecule has 0 bridgehead atoms. The Balaban J connectivity index is 1.36. The van der Waals surface area contributed by atoms with Crippen molar-refractivity contribution in [3.05, 3.63) is 64.7 Å². The predicted octanol–water partition coefficient (Wildman–Crippen LogP) is 5.29. The number of hydrogen-bond donors (Lipinski definition) is 2. The molecule has 2 heterocycles. The monoisotopic (exact) mass is 492 g/mol. The molecule has 1 aliphatic heterocycles. The van der Waals surface area contributed by atoms with Crippen LogP contribution in [0.5, 0.6) is 0 Å². The molecule has 0 spiro atoms. The molecule has 1 aromatic heterocycles. The lowest BCUT2D eigenvalue weighted by molar-refractivity contribution is 0.0698. The molecule has 35 heavy (non-hydrogen) atoms. The fourth-order valence-electron chi connectivity index (χ4n) is 5.23. The Morgan fingerprint density at radius 1 is 0.943 bits per heavy atom. The van der Waals surface area contributed by atoms with Crippen LogP contribution in [0.1, 0.15) is 52.8 Å². The number of benzene rings is 2. The van der Waals surface area contributed by atoms with E-state index >= 15 is 0 Å². The maximum Gasteiger partial charge on any atom is 0.336 e. The SMILES string of the molecule is O=C(Nc1ccc2nc(N3CCN(C4CCCCC4)CC3)cc(C(=O)O)c2c1)c1ccccc1Cl. The second-order valence-electron chi connectivity index (χ2n) is 9.31. The number of pyridine rings is 1. The Morgan fingerprint density at radius 2 is 1.69 bits per heavy atom. The summed E-state index contributed by atoms with van der Waals surface area (Å²) in [7, 11) is 0. The zero-order chi connectivity index (χ0) is 24.4. The molecule has 1 saturated carbocycles. The van der Waals surface area contributed by atoms with Crippen molar-refractivity contribution in [1.82, 2.24) is 9.88 Å². The molecule has 0 unspecified atom stereocenters. The second kappa shape index (κ2) is 10.2.